The topological polar surface area (TPSA) is 26.3 Å². The molecule has 2 heteroatoms. The largest absolute Gasteiger partial charge is 0.466 e. The van der Waals surface area contributed by atoms with Crippen LogP contribution in [0.2, 0.25) is 0 Å². The van der Waals surface area contributed by atoms with Gasteiger partial charge in [-0.25, -0.2) is 4.79 Å². The minimum absolute atomic E-state index is 0.275. The molecule has 0 aromatic rings. The molecule has 0 heterocycles. The number of hydrogen-bond donors (Lipinski definition) is 0. The van der Waals surface area contributed by atoms with Crippen molar-refractivity contribution in [3.8, 4) is 0 Å². The van der Waals surface area contributed by atoms with E-state index in [9.17, 15) is 4.79 Å². The summed E-state index contributed by atoms with van der Waals surface area (Å²) in [6.45, 7) is 6.33. The normalized spacial score (nSPS) is 14.5. The summed E-state index contributed by atoms with van der Waals surface area (Å²) >= 11 is 0. The van der Waals surface area contributed by atoms with Crippen LogP contribution in [0.5, 0.6) is 0 Å². The molecular weight excluding hydrogens is 212 g/mol. The van der Waals surface area contributed by atoms with Gasteiger partial charge in [-0.2, -0.15) is 0 Å². The van der Waals surface area contributed by atoms with E-state index in [1.165, 1.54) is 13.5 Å². The van der Waals surface area contributed by atoms with Gasteiger partial charge in [0.25, 0.3) is 0 Å². The third kappa shape index (κ3) is 9.61. The van der Waals surface area contributed by atoms with E-state index in [2.05, 4.69) is 42.9 Å². The first kappa shape index (κ1) is 15.7. The molecule has 0 amide bonds. The highest BCUT2D eigenvalue weighted by molar-refractivity contribution is 5.82. The van der Waals surface area contributed by atoms with Crippen molar-refractivity contribution in [3.05, 3.63) is 36.0 Å². The molecule has 0 spiro atoms. The average molecular weight is 236 g/mol. The highest BCUT2D eigenvalue weighted by Gasteiger charge is 1.95. The Morgan fingerprint density at radius 2 is 2.06 bits per heavy atom. The lowest BCUT2D eigenvalue weighted by molar-refractivity contribution is -0.134. The van der Waals surface area contributed by atoms with Gasteiger partial charge in [0.2, 0.25) is 0 Å². The summed E-state index contributed by atoms with van der Waals surface area (Å²) in [6, 6.07) is 0. The highest BCUT2D eigenvalue weighted by atomic mass is 16.5. The second-order valence-corrected chi connectivity index (χ2v) is 4.25. The van der Waals surface area contributed by atoms with E-state index in [0.29, 0.717) is 5.92 Å². The fourth-order valence-corrected chi connectivity index (χ4v) is 1.21. The van der Waals surface area contributed by atoms with Crippen molar-refractivity contribution in [2.45, 2.75) is 40.0 Å². The van der Waals surface area contributed by atoms with Gasteiger partial charge in [0.15, 0.2) is 0 Å². The molecule has 0 aliphatic heterocycles. The van der Waals surface area contributed by atoms with Crippen molar-refractivity contribution in [1.29, 1.82) is 0 Å². The van der Waals surface area contributed by atoms with Gasteiger partial charge < -0.3 is 4.74 Å². The molecule has 17 heavy (non-hydrogen) atoms. The van der Waals surface area contributed by atoms with Crippen LogP contribution < -0.4 is 0 Å². The minimum Gasteiger partial charge on any atom is -0.466 e. The van der Waals surface area contributed by atoms with Crippen LogP contribution in [0.3, 0.4) is 0 Å². The number of rotatable bonds is 7. The van der Waals surface area contributed by atoms with Crippen LogP contribution in [0.15, 0.2) is 36.0 Å². The quantitative estimate of drug-likeness (QED) is 0.379. The zero-order valence-electron chi connectivity index (χ0n) is 11.4. The van der Waals surface area contributed by atoms with E-state index in [-0.39, 0.29) is 5.97 Å². The first-order chi connectivity index (χ1) is 8.10. The van der Waals surface area contributed by atoms with E-state index < -0.39 is 0 Å². The SMILES string of the molecule is CC[C@H](C)/C=C\C=C\CC/C(C)=C\C(=O)OC. The van der Waals surface area contributed by atoms with Gasteiger partial charge in [0.05, 0.1) is 7.11 Å². The van der Waals surface area contributed by atoms with Crippen molar-refractivity contribution in [2.75, 3.05) is 7.11 Å². The molecule has 0 aromatic carbocycles. The molecule has 0 bridgehead atoms. The molecule has 0 aliphatic carbocycles. The maximum Gasteiger partial charge on any atom is 0.330 e. The maximum atomic E-state index is 10.9. The van der Waals surface area contributed by atoms with Gasteiger partial charge in [-0.05, 0) is 25.7 Å². The molecule has 0 rings (SSSR count). The van der Waals surface area contributed by atoms with E-state index in [1.54, 1.807) is 6.08 Å². The third-order valence-electron chi connectivity index (χ3n) is 2.60. The van der Waals surface area contributed by atoms with Crippen LogP contribution in [0.25, 0.3) is 0 Å². The molecule has 96 valence electrons. The zero-order chi connectivity index (χ0) is 13.1. The monoisotopic (exact) mass is 236 g/mol. The number of hydrogen-bond acceptors (Lipinski definition) is 2. The van der Waals surface area contributed by atoms with Crippen LogP contribution in [0.1, 0.15) is 40.0 Å². The highest BCUT2D eigenvalue weighted by Crippen LogP contribution is 2.06. The molecule has 0 saturated heterocycles. The van der Waals surface area contributed by atoms with Crippen molar-refractivity contribution < 1.29 is 9.53 Å². The summed E-state index contributed by atoms with van der Waals surface area (Å²) in [5.74, 6) is 0.365. The maximum absolute atomic E-state index is 10.9. The molecule has 0 aromatic heterocycles. The van der Waals surface area contributed by atoms with Gasteiger partial charge in [0, 0.05) is 6.08 Å². The first-order valence-corrected chi connectivity index (χ1v) is 6.18. The van der Waals surface area contributed by atoms with Gasteiger partial charge in [-0.1, -0.05) is 50.1 Å². The van der Waals surface area contributed by atoms with Crippen molar-refractivity contribution in [3.63, 3.8) is 0 Å². The van der Waals surface area contributed by atoms with Crippen LogP contribution >= 0.6 is 0 Å². The number of methoxy groups -OCH3 is 1. The Kier molecular flexibility index (Phi) is 9.12. The summed E-state index contributed by atoms with van der Waals surface area (Å²) in [7, 11) is 1.39. The van der Waals surface area contributed by atoms with Crippen molar-refractivity contribution in [1.82, 2.24) is 0 Å². The van der Waals surface area contributed by atoms with E-state index in [0.717, 1.165) is 18.4 Å². The fraction of sp³-hybridized carbons (Fsp3) is 0.533. The Morgan fingerprint density at radius 1 is 1.35 bits per heavy atom. The van der Waals surface area contributed by atoms with Crippen LogP contribution in [0, 0.1) is 5.92 Å². The molecule has 0 saturated carbocycles. The van der Waals surface area contributed by atoms with Gasteiger partial charge in [-0.3, -0.25) is 0 Å². The number of ether oxygens (including phenoxy) is 1. The lowest BCUT2D eigenvalue weighted by Crippen LogP contribution is -1.95. The standard InChI is InChI=1S/C15H24O2/c1-5-13(2)10-8-6-7-9-11-14(3)12-15(16)17-4/h6-8,10,12-13H,5,9,11H2,1-4H3/b7-6+,10-8-,14-12-/t13-/m0/s1. The van der Waals surface area contributed by atoms with Gasteiger partial charge >= 0.3 is 5.97 Å². The summed E-state index contributed by atoms with van der Waals surface area (Å²) in [5.41, 5.74) is 1.05. The fourth-order valence-electron chi connectivity index (χ4n) is 1.21. The molecule has 2 nitrogen and oxygen atoms in total. The number of carbonyl (C=O) groups excluding carboxylic acids is 1. The smallest absolute Gasteiger partial charge is 0.330 e. The Bertz CT molecular complexity index is 298. The Morgan fingerprint density at radius 3 is 2.65 bits per heavy atom. The van der Waals surface area contributed by atoms with Gasteiger partial charge in [0.1, 0.15) is 0 Å². The number of esters is 1. The molecule has 0 unspecified atom stereocenters. The molecular formula is C15H24O2. The molecule has 0 N–H and O–H groups in total. The third-order valence-corrected chi connectivity index (χ3v) is 2.60. The molecule has 0 aliphatic rings. The van der Waals surface area contributed by atoms with Crippen LogP contribution in [0.4, 0.5) is 0 Å². The number of carbonyl (C=O) groups is 1. The summed E-state index contributed by atoms with van der Waals surface area (Å²) in [4.78, 5) is 10.9. The zero-order valence-corrected chi connectivity index (χ0v) is 11.4. The Balaban J connectivity index is 3.84. The van der Waals surface area contributed by atoms with Gasteiger partial charge in [-0.15, -0.1) is 0 Å². The first-order valence-electron chi connectivity index (χ1n) is 6.18. The summed E-state index contributed by atoms with van der Waals surface area (Å²) in [5, 5.41) is 0. The second-order valence-electron chi connectivity index (χ2n) is 4.25. The predicted molar refractivity (Wildman–Crippen MR) is 72.7 cm³/mol. The average Bonchev–Trinajstić information content (AvgIpc) is 2.32. The summed E-state index contributed by atoms with van der Waals surface area (Å²) < 4.78 is 4.56. The Hall–Kier alpha value is -1.31. The lowest BCUT2D eigenvalue weighted by Gasteiger charge is -1.98. The molecule has 1 atom stereocenters. The van der Waals surface area contributed by atoms with E-state index >= 15 is 0 Å². The molecule has 0 radical (unpaired) electrons. The van der Waals surface area contributed by atoms with Crippen LogP contribution in [-0.2, 0) is 9.53 Å². The molecule has 0 fully saturated rings. The second kappa shape index (κ2) is 9.88. The van der Waals surface area contributed by atoms with Crippen molar-refractivity contribution in [2.24, 2.45) is 5.92 Å². The van der Waals surface area contributed by atoms with E-state index in [1.807, 2.05) is 6.92 Å². The predicted octanol–water partition coefficient (Wildman–Crippen LogP) is 4.04. The lowest BCUT2D eigenvalue weighted by atomic mass is 10.1. The van der Waals surface area contributed by atoms with E-state index in [4.69, 9.17) is 0 Å². The van der Waals surface area contributed by atoms with Crippen LogP contribution in [-0.4, -0.2) is 13.1 Å². The minimum atomic E-state index is -0.275. The Labute approximate surface area is 105 Å². The summed E-state index contributed by atoms with van der Waals surface area (Å²) in [6.07, 6.45) is 13.0. The number of allylic oxidation sites excluding steroid dienone is 5. The van der Waals surface area contributed by atoms with Crippen molar-refractivity contribution >= 4 is 5.97 Å².